The fourth-order valence-corrected chi connectivity index (χ4v) is 5.20. The van der Waals surface area contributed by atoms with Gasteiger partial charge >= 0.3 is 0 Å². The third kappa shape index (κ3) is 3.21. The highest BCUT2D eigenvalue weighted by atomic mass is 31.2. The average Bonchev–Trinajstić information content (AvgIpc) is 2.63. The maximum Gasteiger partial charge on any atom is 0.194 e. The van der Waals surface area contributed by atoms with Gasteiger partial charge < -0.3 is 9.67 Å². The van der Waals surface area contributed by atoms with E-state index in [1.807, 2.05) is 0 Å². The van der Waals surface area contributed by atoms with Crippen LogP contribution in [0.3, 0.4) is 0 Å². The van der Waals surface area contributed by atoms with Gasteiger partial charge in [0, 0.05) is 15.9 Å². The van der Waals surface area contributed by atoms with Crippen LogP contribution in [0.5, 0.6) is 5.75 Å². The molecular formula is C18H9F6O2P. The van der Waals surface area contributed by atoms with Gasteiger partial charge in [-0.3, -0.25) is 0 Å². The summed E-state index contributed by atoms with van der Waals surface area (Å²) >= 11 is 0. The monoisotopic (exact) mass is 402 g/mol. The summed E-state index contributed by atoms with van der Waals surface area (Å²) in [7, 11) is -4.35. The minimum absolute atomic E-state index is 0.170. The molecule has 0 atom stereocenters. The molecule has 0 aliphatic carbocycles. The second-order valence-corrected chi connectivity index (χ2v) is 8.34. The lowest BCUT2D eigenvalue weighted by molar-refractivity contribution is 0.447. The first kappa shape index (κ1) is 19.0. The molecule has 0 aliphatic rings. The van der Waals surface area contributed by atoms with Gasteiger partial charge in [0.25, 0.3) is 0 Å². The fraction of sp³-hybridized carbons (Fsp3) is 0. The topological polar surface area (TPSA) is 37.3 Å². The number of phenolic OH excluding ortho intramolecular Hbond substituents is 1. The molecule has 0 aromatic heterocycles. The number of benzene rings is 3. The number of hydrogen-bond donors (Lipinski definition) is 1. The summed E-state index contributed by atoms with van der Waals surface area (Å²) in [6.45, 7) is 0. The van der Waals surface area contributed by atoms with E-state index in [0.717, 1.165) is 24.3 Å². The summed E-state index contributed by atoms with van der Waals surface area (Å²) in [6.07, 6.45) is 0. The Morgan fingerprint density at radius 2 is 0.926 bits per heavy atom. The van der Waals surface area contributed by atoms with E-state index < -0.39 is 52.7 Å². The summed E-state index contributed by atoms with van der Waals surface area (Å²) in [6, 6.07) is 6.14. The van der Waals surface area contributed by atoms with Crippen molar-refractivity contribution in [2.75, 3.05) is 0 Å². The quantitative estimate of drug-likeness (QED) is 0.411. The number of aromatic hydroxyl groups is 1. The molecular weight excluding hydrogens is 393 g/mol. The number of phenols is 1. The SMILES string of the molecule is O=P(c1ccc(O)cc1)(c1cc(F)c(F)c(F)c1)c1cc(F)c(F)c(F)c1. The van der Waals surface area contributed by atoms with Gasteiger partial charge in [-0.1, -0.05) is 0 Å². The second kappa shape index (κ2) is 6.78. The van der Waals surface area contributed by atoms with E-state index >= 15 is 0 Å². The molecule has 0 saturated heterocycles. The second-order valence-electron chi connectivity index (χ2n) is 5.57. The Labute approximate surface area is 149 Å². The zero-order valence-electron chi connectivity index (χ0n) is 13.2. The van der Waals surface area contributed by atoms with E-state index in [-0.39, 0.29) is 11.1 Å². The Kier molecular flexibility index (Phi) is 4.78. The first-order valence-corrected chi connectivity index (χ1v) is 9.05. The van der Waals surface area contributed by atoms with Crippen molar-refractivity contribution in [1.82, 2.24) is 0 Å². The van der Waals surface area contributed by atoms with E-state index in [1.165, 1.54) is 0 Å². The minimum atomic E-state index is -4.35. The Morgan fingerprint density at radius 1 is 0.593 bits per heavy atom. The Hall–Kier alpha value is -2.73. The molecule has 3 aromatic rings. The molecule has 140 valence electrons. The van der Waals surface area contributed by atoms with E-state index in [1.54, 1.807) is 0 Å². The zero-order chi connectivity index (χ0) is 19.9. The van der Waals surface area contributed by atoms with Gasteiger partial charge in [-0.15, -0.1) is 0 Å². The van der Waals surface area contributed by atoms with Crippen molar-refractivity contribution in [1.29, 1.82) is 0 Å². The van der Waals surface area contributed by atoms with E-state index in [4.69, 9.17) is 0 Å². The van der Waals surface area contributed by atoms with Crippen molar-refractivity contribution < 1.29 is 36.0 Å². The van der Waals surface area contributed by atoms with Crippen molar-refractivity contribution in [3.05, 3.63) is 83.4 Å². The summed E-state index contributed by atoms with van der Waals surface area (Å²) in [4.78, 5) is 0. The predicted molar refractivity (Wildman–Crippen MR) is 87.2 cm³/mol. The predicted octanol–water partition coefficient (Wildman–Crippen LogP) is 3.87. The Bertz CT molecular complexity index is 974. The molecule has 0 fully saturated rings. The molecule has 0 saturated carbocycles. The van der Waals surface area contributed by atoms with Gasteiger partial charge in [-0.2, -0.15) is 0 Å². The lowest BCUT2D eigenvalue weighted by Crippen LogP contribution is -2.27. The van der Waals surface area contributed by atoms with Crippen molar-refractivity contribution in [3.8, 4) is 5.75 Å². The summed E-state index contributed by atoms with van der Waals surface area (Å²) < 4.78 is 95.2. The number of halogens is 6. The molecule has 3 aromatic carbocycles. The third-order valence-electron chi connectivity index (χ3n) is 3.88. The van der Waals surface area contributed by atoms with Gasteiger partial charge in [0.05, 0.1) is 0 Å². The van der Waals surface area contributed by atoms with Gasteiger partial charge in [-0.25, -0.2) is 26.3 Å². The molecule has 2 nitrogen and oxygen atoms in total. The molecule has 9 heteroatoms. The van der Waals surface area contributed by atoms with Crippen molar-refractivity contribution in [2.45, 2.75) is 0 Å². The fourth-order valence-electron chi connectivity index (χ4n) is 2.56. The van der Waals surface area contributed by atoms with Crippen LogP contribution < -0.4 is 15.9 Å². The maximum atomic E-state index is 13.8. The summed E-state index contributed by atoms with van der Waals surface area (Å²) in [5.41, 5.74) is 0. The largest absolute Gasteiger partial charge is 0.508 e. The smallest absolute Gasteiger partial charge is 0.194 e. The van der Waals surface area contributed by atoms with Crippen LogP contribution >= 0.6 is 7.14 Å². The van der Waals surface area contributed by atoms with Crippen molar-refractivity contribution in [2.24, 2.45) is 0 Å². The first-order valence-electron chi connectivity index (χ1n) is 7.34. The molecule has 27 heavy (non-hydrogen) atoms. The van der Waals surface area contributed by atoms with E-state index in [0.29, 0.717) is 24.3 Å². The van der Waals surface area contributed by atoms with Crippen LogP contribution in [-0.4, -0.2) is 5.11 Å². The standard InChI is InChI=1S/C18H9F6O2P/c19-13-5-11(6-14(20)17(13)23)27(26,10-3-1-9(25)2-4-10)12-7-15(21)18(24)16(22)8-12/h1-8,25H. The maximum absolute atomic E-state index is 13.8. The number of hydrogen-bond acceptors (Lipinski definition) is 2. The lowest BCUT2D eigenvalue weighted by Gasteiger charge is -2.20. The molecule has 0 radical (unpaired) electrons. The molecule has 0 bridgehead atoms. The van der Waals surface area contributed by atoms with Gasteiger partial charge in [0.1, 0.15) is 5.75 Å². The molecule has 0 unspecified atom stereocenters. The van der Waals surface area contributed by atoms with Crippen molar-refractivity contribution >= 4 is 23.1 Å². The van der Waals surface area contributed by atoms with E-state index in [9.17, 15) is 36.0 Å². The van der Waals surface area contributed by atoms with Crippen LogP contribution in [0.1, 0.15) is 0 Å². The normalized spacial score (nSPS) is 11.6. The van der Waals surface area contributed by atoms with Gasteiger partial charge in [0.15, 0.2) is 42.0 Å². The van der Waals surface area contributed by atoms with Gasteiger partial charge in [-0.05, 0) is 48.5 Å². The summed E-state index contributed by atoms with van der Waals surface area (Å²) in [5, 5.41) is 8.01. The Morgan fingerprint density at radius 3 is 1.26 bits per heavy atom. The molecule has 0 amide bonds. The van der Waals surface area contributed by atoms with Crippen LogP contribution in [-0.2, 0) is 4.57 Å². The molecule has 1 N–H and O–H groups in total. The zero-order valence-corrected chi connectivity index (χ0v) is 14.1. The van der Waals surface area contributed by atoms with Crippen LogP contribution in [0.2, 0.25) is 0 Å². The molecule has 0 heterocycles. The van der Waals surface area contributed by atoms with Crippen LogP contribution in [0, 0.1) is 34.9 Å². The molecule has 3 rings (SSSR count). The summed E-state index contributed by atoms with van der Waals surface area (Å²) in [5.74, 6) is -10.5. The minimum Gasteiger partial charge on any atom is -0.508 e. The van der Waals surface area contributed by atoms with Crippen LogP contribution in [0.15, 0.2) is 48.5 Å². The Balaban J connectivity index is 2.38. The van der Waals surface area contributed by atoms with Gasteiger partial charge in [0.2, 0.25) is 0 Å². The third-order valence-corrected chi connectivity index (χ3v) is 6.87. The highest BCUT2D eigenvalue weighted by molar-refractivity contribution is 7.85. The molecule has 0 aliphatic heterocycles. The van der Waals surface area contributed by atoms with Crippen LogP contribution in [0.4, 0.5) is 26.3 Å². The lowest BCUT2D eigenvalue weighted by atomic mass is 10.3. The number of rotatable bonds is 3. The average molecular weight is 402 g/mol. The molecule has 0 spiro atoms. The highest BCUT2D eigenvalue weighted by Crippen LogP contribution is 2.43. The van der Waals surface area contributed by atoms with Crippen LogP contribution in [0.25, 0.3) is 0 Å². The van der Waals surface area contributed by atoms with E-state index in [2.05, 4.69) is 0 Å². The van der Waals surface area contributed by atoms with Crippen molar-refractivity contribution in [3.63, 3.8) is 0 Å². The highest BCUT2D eigenvalue weighted by Gasteiger charge is 2.33. The first-order chi connectivity index (χ1) is 12.6.